The number of hydrogen-bond acceptors (Lipinski definition) is 6. The summed E-state index contributed by atoms with van der Waals surface area (Å²) < 4.78 is 11.2. The minimum Gasteiger partial charge on any atom is -0.496 e. The summed E-state index contributed by atoms with van der Waals surface area (Å²) in [6, 6.07) is 18.9. The average molecular weight is 622 g/mol. The van der Waals surface area contributed by atoms with Gasteiger partial charge in [-0.1, -0.05) is 65.1 Å². The Balaban J connectivity index is 1.56. The molecule has 0 saturated carbocycles. The van der Waals surface area contributed by atoms with Gasteiger partial charge in [-0.3, -0.25) is 4.98 Å². The van der Waals surface area contributed by atoms with Crippen LogP contribution in [0.25, 0.3) is 44.5 Å². The summed E-state index contributed by atoms with van der Waals surface area (Å²) in [6.45, 7) is 6.65. The lowest BCUT2D eigenvalue weighted by Gasteiger charge is -2.16. The van der Waals surface area contributed by atoms with Gasteiger partial charge in [0.1, 0.15) is 11.5 Å². The fourth-order valence-corrected chi connectivity index (χ4v) is 5.83. The molecule has 5 rings (SSSR count). The van der Waals surface area contributed by atoms with Crippen molar-refractivity contribution in [1.29, 1.82) is 0 Å². The molecule has 42 heavy (non-hydrogen) atoms. The van der Waals surface area contributed by atoms with E-state index in [1.807, 2.05) is 60.7 Å². The molecule has 0 fully saturated rings. The van der Waals surface area contributed by atoms with Crippen LogP contribution in [0.4, 0.5) is 0 Å². The first kappa shape index (κ1) is 30.1. The van der Waals surface area contributed by atoms with Gasteiger partial charge < -0.3 is 19.9 Å². The molecule has 0 aliphatic carbocycles. The number of benzene rings is 3. The van der Waals surface area contributed by atoms with Gasteiger partial charge in [-0.25, -0.2) is 4.98 Å². The Kier molecular flexibility index (Phi) is 9.21. The smallest absolute Gasteiger partial charge is 0.132 e. The first-order chi connectivity index (χ1) is 20.2. The summed E-state index contributed by atoms with van der Waals surface area (Å²) in [7, 11) is 3.22. The number of ether oxygens (including phenoxy) is 2. The minimum absolute atomic E-state index is 0.449. The van der Waals surface area contributed by atoms with Crippen LogP contribution in [0.2, 0.25) is 15.1 Å². The second-order valence-corrected chi connectivity index (χ2v) is 11.0. The summed E-state index contributed by atoms with van der Waals surface area (Å²) in [4.78, 5) is 9.43. The van der Waals surface area contributed by atoms with Crippen molar-refractivity contribution in [3.8, 4) is 45.1 Å². The maximum absolute atomic E-state index is 9.59. The zero-order chi connectivity index (χ0) is 30.0. The zero-order valence-electron chi connectivity index (χ0n) is 23.3. The van der Waals surface area contributed by atoms with Gasteiger partial charge in [0.15, 0.2) is 0 Å². The van der Waals surface area contributed by atoms with Crippen molar-refractivity contribution in [2.24, 2.45) is 0 Å². The molecule has 0 unspecified atom stereocenters. The van der Waals surface area contributed by atoms with Crippen LogP contribution in [0.5, 0.6) is 11.5 Å². The number of aliphatic hydroxyl groups excluding tert-OH is 1. The Morgan fingerprint density at radius 1 is 0.929 bits per heavy atom. The fourth-order valence-electron chi connectivity index (χ4n) is 4.91. The number of aliphatic hydroxyl groups is 1. The number of hydrogen-bond donors (Lipinski definition) is 2. The standard InChI is InChI=1S/C33H29Cl3N3O3/c1-18-8-9-20(15-28(18)41-3)31-30(36)23(12-13-38-31)22-6-5-7-24(29(22)35)27-11-10-25-32(39-27)26(34)14-21(33(25)42-4)17-37-16-19(2)40/h5-15,19,37,40H,1,16-17H2,2-4H3/t19-/m0/s1. The van der Waals surface area contributed by atoms with Gasteiger partial charge in [0, 0.05) is 52.5 Å². The lowest BCUT2D eigenvalue weighted by atomic mass is 9.99. The van der Waals surface area contributed by atoms with Crippen molar-refractivity contribution < 1.29 is 14.6 Å². The van der Waals surface area contributed by atoms with E-state index in [1.54, 1.807) is 27.3 Å². The lowest BCUT2D eigenvalue weighted by Crippen LogP contribution is -2.24. The number of rotatable bonds is 9. The third-order valence-electron chi connectivity index (χ3n) is 6.93. The average Bonchev–Trinajstić information content (AvgIpc) is 2.98. The fraction of sp³-hybridized carbons (Fsp3) is 0.182. The van der Waals surface area contributed by atoms with Crippen LogP contribution in [0.15, 0.2) is 66.9 Å². The van der Waals surface area contributed by atoms with Crippen LogP contribution < -0.4 is 14.8 Å². The molecular weight excluding hydrogens is 593 g/mol. The third-order valence-corrected chi connectivity index (χ3v) is 8.01. The van der Waals surface area contributed by atoms with Gasteiger partial charge in [0.25, 0.3) is 0 Å². The number of methoxy groups -OCH3 is 2. The quantitative estimate of drug-likeness (QED) is 0.173. The Morgan fingerprint density at radius 3 is 2.43 bits per heavy atom. The second kappa shape index (κ2) is 12.9. The topological polar surface area (TPSA) is 76.5 Å². The van der Waals surface area contributed by atoms with Crippen LogP contribution in [-0.4, -0.2) is 41.9 Å². The SMILES string of the molecule is [CH2]c1ccc(-c2nccc(-c3cccc(-c4ccc5c(OC)c(CNC[C@H](C)O)cc(Cl)c5n4)c3Cl)c2Cl)cc1OC. The maximum atomic E-state index is 9.59. The van der Waals surface area contributed by atoms with Crippen LogP contribution in [0.3, 0.4) is 0 Å². The molecule has 0 aliphatic rings. The molecule has 1 radical (unpaired) electrons. The van der Waals surface area contributed by atoms with E-state index in [-0.39, 0.29) is 0 Å². The number of pyridine rings is 2. The monoisotopic (exact) mass is 620 g/mol. The van der Waals surface area contributed by atoms with E-state index in [0.717, 1.165) is 38.8 Å². The second-order valence-electron chi connectivity index (χ2n) is 9.84. The van der Waals surface area contributed by atoms with Crippen molar-refractivity contribution in [1.82, 2.24) is 15.3 Å². The van der Waals surface area contributed by atoms with Gasteiger partial charge in [-0.05, 0) is 49.7 Å². The molecular formula is C33H29Cl3N3O3. The highest BCUT2D eigenvalue weighted by molar-refractivity contribution is 6.39. The highest BCUT2D eigenvalue weighted by Gasteiger charge is 2.19. The van der Waals surface area contributed by atoms with Gasteiger partial charge in [0.05, 0.1) is 52.3 Å². The van der Waals surface area contributed by atoms with Gasteiger partial charge in [0.2, 0.25) is 0 Å². The van der Waals surface area contributed by atoms with Crippen molar-refractivity contribution in [2.75, 3.05) is 20.8 Å². The molecule has 9 heteroatoms. The number of aromatic nitrogens is 2. The number of nitrogens with zero attached hydrogens (tertiary/aromatic N) is 2. The molecule has 5 aromatic rings. The Bertz CT molecular complexity index is 1780. The van der Waals surface area contributed by atoms with E-state index in [9.17, 15) is 5.11 Å². The van der Waals surface area contributed by atoms with Crippen molar-refractivity contribution in [3.05, 3.63) is 100.0 Å². The van der Waals surface area contributed by atoms with E-state index in [2.05, 4.69) is 17.2 Å². The largest absolute Gasteiger partial charge is 0.496 e. The van der Waals surface area contributed by atoms with E-state index >= 15 is 0 Å². The predicted molar refractivity (Wildman–Crippen MR) is 172 cm³/mol. The summed E-state index contributed by atoms with van der Waals surface area (Å²) in [5.41, 5.74) is 6.51. The van der Waals surface area contributed by atoms with Gasteiger partial charge >= 0.3 is 0 Å². The van der Waals surface area contributed by atoms with Crippen LogP contribution in [0.1, 0.15) is 18.1 Å². The van der Waals surface area contributed by atoms with Crippen LogP contribution in [-0.2, 0) is 6.54 Å². The Labute approximate surface area is 260 Å². The summed E-state index contributed by atoms with van der Waals surface area (Å²) in [6.07, 6.45) is 1.24. The summed E-state index contributed by atoms with van der Waals surface area (Å²) in [5.74, 6) is 1.32. The molecule has 0 spiro atoms. The van der Waals surface area contributed by atoms with Crippen molar-refractivity contribution in [2.45, 2.75) is 19.6 Å². The lowest BCUT2D eigenvalue weighted by molar-refractivity contribution is 0.191. The normalized spacial score (nSPS) is 12.0. The molecule has 0 bridgehead atoms. The predicted octanol–water partition coefficient (Wildman–Crippen LogP) is 8.26. The number of nitrogens with one attached hydrogen (secondary N) is 1. The third kappa shape index (κ3) is 5.91. The van der Waals surface area contributed by atoms with E-state index < -0.39 is 6.10 Å². The highest BCUT2D eigenvalue weighted by Crippen LogP contribution is 2.43. The van der Waals surface area contributed by atoms with Gasteiger partial charge in [-0.2, -0.15) is 0 Å². The molecule has 2 aromatic heterocycles. The molecule has 3 aromatic carbocycles. The molecule has 0 aliphatic heterocycles. The van der Waals surface area contributed by atoms with Crippen molar-refractivity contribution in [3.63, 3.8) is 0 Å². The van der Waals surface area contributed by atoms with E-state index in [1.165, 1.54) is 0 Å². The van der Waals surface area contributed by atoms with E-state index in [0.29, 0.717) is 56.6 Å². The maximum Gasteiger partial charge on any atom is 0.132 e. The number of fused-ring (bicyclic) bond motifs is 1. The molecule has 0 saturated heterocycles. The van der Waals surface area contributed by atoms with E-state index in [4.69, 9.17) is 49.3 Å². The zero-order valence-corrected chi connectivity index (χ0v) is 25.6. The molecule has 1 atom stereocenters. The Hall–Kier alpha value is -3.39. The van der Waals surface area contributed by atoms with Crippen LogP contribution >= 0.6 is 34.8 Å². The van der Waals surface area contributed by atoms with Crippen molar-refractivity contribution >= 4 is 45.7 Å². The molecule has 0 amide bonds. The highest BCUT2D eigenvalue weighted by atomic mass is 35.5. The summed E-state index contributed by atoms with van der Waals surface area (Å²) >= 11 is 20.7. The van der Waals surface area contributed by atoms with Crippen LogP contribution in [0, 0.1) is 6.92 Å². The minimum atomic E-state index is -0.464. The number of halogens is 3. The first-order valence-corrected chi connectivity index (χ1v) is 14.4. The summed E-state index contributed by atoms with van der Waals surface area (Å²) in [5, 5.41) is 15.0. The van der Waals surface area contributed by atoms with Gasteiger partial charge in [-0.15, -0.1) is 0 Å². The molecule has 215 valence electrons. The first-order valence-electron chi connectivity index (χ1n) is 13.2. The molecule has 6 nitrogen and oxygen atoms in total. The Morgan fingerprint density at radius 2 is 1.69 bits per heavy atom. The molecule has 2 N–H and O–H groups in total. The molecule has 2 heterocycles.